The molecule has 2 aromatic carbocycles. The first kappa shape index (κ1) is 26.0. The molecule has 39 heavy (non-hydrogen) atoms. The predicted octanol–water partition coefficient (Wildman–Crippen LogP) is 3.68. The third kappa shape index (κ3) is 6.27. The fraction of sp³-hybridized carbons (Fsp3) is 0.286. The molecule has 0 saturated carbocycles. The summed E-state index contributed by atoms with van der Waals surface area (Å²) in [7, 11) is 1.61. The first-order valence-electron chi connectivity index (χ1n) is 12.6. The molecule has 0 spiro atoms. The molecule has 11 nitrogen and oxygen atoms in total. The summed E-state index contributed by atoms with van der Waals surface area (Å²) in [5.41, 5.74) is 3.44. The van der Waals surface area contributed by atoms with Gasteiger partial charge in [-0.3, -0.25) is 9.69 Å². The van der Waals surface area contributed by atoms with Crippen LogP contribution in [0, 0.1) is 5.92 Å². The van der Waals surface area contributed by atoms with Crippen LogP contribution in [0.1, 0.15) is 17.5 Å². The normalized spacial score (nSPS) is 17.5. The van der Waals surface area contributed by atoms with Crippen LogP contribution in [0.4, 0.5) is 16.3 Å². The van der Waals surface area contributed by atoms with Gasteiger partial charge in [-0.25, -0.2) is 14.3 Å². The number of likely N-dealkylation sites (tertiary alicyclic amines) is 1. The van der Waals surface area contributed by atoms with Crippen LogP contribution >= 0.6 is 0 Å². The topological polar surface area (TPSA) is 130 Å². The number of amides is 1. The molecular weight excluding hydrogens is 500 g/mol. The van der Waals surface area contributed by atoms with E-state index < -0.39 is 24.0 Å². The van der Waals surface area contributed by atoms with Crippen molar-refractivity contribution in [1.82, 2.24) is 24.8 Å². The molecule has 2 aromatic heterocycles. The van der Waals surface area contributed by atoms with Gasteiger partial charge in [-0.15, -0.1) is 0 Å². The van der Waals surface area contributed by atoms with E-state index in [4.69, 9.17) is 9.47 Å². The number of carbonyl (C=O) groups is 2. The summed E-state index contributed by atoms with van der Waals surface area (Å²) in [5.74, 6) is -0.382. The van der Waals surface area contributed by atoms with E-state index in [0.29, 0.717) is 25.3 Å². The van der Waals surface area contributed by atoms with Crippen molar-refractivity contribution in [1.29, 1.82) is 0 Å². The first-order valence-corrected chi connectivity index (χ1v) is 12.6. The molecule has 3 heterocycles. The van der Waals surface area contributed by atoms with E-state index >= 15 is 0 Å². The molecule has 0 aliphatic carbocycles. The van der Waals surface area contributed by atoms with Gasteiger partial charge in [-0.05, 0) is 35.7 Å². The predicted molar refractivity (Wildman–Crippen MR) is 144 cm³/mol. The van der Waals surface area contributed by atoms with Crippen LogP contribution < -0.4 is 15.4 Å². The van der Waals surface area contributed by atoms with Gasteiger partial charge in [0.2, 0.25) is 0 Å². The number of methoxy groups -OCH3 is 1. The van der Waals surface area contributed by atoms with Gasteiger partial charge >= 0.3 is 12.1 Å². The molecule has 3 N–H and O–H groups in total. The van der Waals surface area contributed by atoms with Crippen LogP contribution in [0.3, 0.4) is 0 Å². The molecule has 0 bridgehead atoms. The maximum absolute atomic E-state index is 12.4. The van der Waals surface area contributed by atoms with Gasteiger partial charge in [0.15, 0.2) is 5.82 Å². The number of carbonyl (C=O) groups excluding carboxylic acids is 1. The maximum Gasteiger partial charge on any atom is 0.407 e. The number of nitrogens with zero attached hydrogens (tertiary/aromatic N) is 4. The Morgan fingerprint density at radius 1 is 1.13 bits per heavy atom. The Hall–Kier alpha value is -4.64. The second-order valence-electron chi connectivity index (χ2n) is 9.38. The number of carboxylic acids is 1. The van der Waals surface area contributed by atoms with E-state index in [1.807, 2.05) is 66.9 Å². The lowest BCUT2D eigenvalue weighted by atomic mass is 9.92. The summed E-state index contributed by atoms with van der Waals surface area (Å²) in [4.78, 5) is 31.1. The number of carboxylic acid groups (broad SMARTS) is 1. The number of rotatable bonds is 9. The molecule has 0 radical (unpaired) electrons. The highest BCUT2D eigenvalue weighted by Gasteiger charge is 2.36. The van der Waals surface area contributed by atoms with E-state index in [9.17, 15) is 14.7 Å². The van der Waals surface area contributed by atoms with Crippen molar-refractivity contribution in [3.8, 4) is 5.75 Å². The van der Waals surface area contributed by atoms with Crippen molar-refractivity contribution in [2.45, 2.75) is 25.6 Å². The standard InChI is InChI=1S/C28H30N6O5/c1-38-22-9-5-8-21(14-22)31-26-25-20(10-13-34(25)30-18-29-26)15-33-12-11-24(23(16-33)27(35)36)32-28(37)39-17-19-6-3-2-4-7-19/h2-10,13-14,18,23-24H,11-12,15-17H2,1H3,(H,32,37)(H,35,36)(H,29,30,31). The number of nitrogens with one attached hydrogen (secondary N) is 2. The minimum atomic E-state index is -0.960. The largest absolute Gasteiger partial charge is 0.497 e. The van der Waals surface area contributed by atoms with Gasteiger partial charge in [0, 0.05) is 43.6 Å². The van der Waals surface area contributed by atoms with Crippen LogP contribution in [0.2, 0.25) is 0 Å². The zero-order chi connectivity index (χ0) is 27.2. The molecule has 1 amide bonds. The number of alkyl carbamates (subject to hydrolysis) is 1. The Morgan fingerprint density at radius 3 is 2.77 bits per heavy atom. The fourth-order valence-electron chi connectivity index (χ4n) is 4.82. The number of hydrogen-bond donors (Lipinski definition) is 3. The monoisotopic (exact) mass is 530 g/mol. The van der Waals surface area contributed by atoms with Crippen molar-refractivity contribution in [3.63, 3.8) is 0 Å². The molecule has 1 saturated heterocycles. The van der Waals surface area contributed by atoms with Gasteiger partial charge in [0.05, 0.1) is 13.0 Å². The molecule has 11 heteroatoms. The van der Waals surface area contributed by atoms with E-state index in [-0.39, 0.29) is 13.2 Å². The minimum Gasteiger partial charge on any atom is -0.497 e. The van der Waals surface area contributed by atoms with Crippen LogP contribution in [-0.2, 0) is 22.7 Å². The van der Waals surface area contributed by atoms with Crippen molar-refractivity contribution >= 4 is 29.1 Å². The molecule has 2 unspecified atom stereocenters. The number of ether oxygens (including phenoxy) is 2. The summed E-state index contributed by atoms with van der Waals surface area (Å²) in [6.45, 7) is 1.52. The van der Waals surface area contributed by atoms with E-state index in [2.05, 4.69) is 25.6 Å². The lowest BCUT2D eigenvalue weighted by molar-refractivity contribution is -0.144. The van der Waals surface area contributed by atoms with Crippen LogP contribution in [0.25, 0.3) is 5.52 Å². The fourth-order valence-corrected chi connectivity index (χ4v) is 4.82. The third-order valence-corrected chi connectivity index (χ3v) is 6.79. The summed E-state index contributed by atoms with van der Waals surface area (Å²) in [6, 6.07) is 18.3. The number of anilines is 2. The Morgan fingerprint density at radius 2 is 1.97 bits per heavy atom. The second kappa shape index (κ2) is 11.8. The van der Waals surface area contributed by atoms with Crippen molar-refractivity contribution in [2.75, 3.05) is 25.5 Å². The maximum atomic E-state index is 12.4. The molecule has 1 aliphatic heterocycles. The molecule has 4 aromatic rings. The number of piperidine rings is 1. The van der Waals surface area contributed by atoms with Gasteiger partial charge < -0.3 is 25.2 Å². The number of aliphatic carboxylic acids is 1. The summed E-state index contributed by atoms with van der Waals surface area (Å²) < 4.78 is 12.4. The Labute approximate surface area is 225 Å². The molecule has 5 rings (SSSR count). The van der Waals surface area contributed by atoms with E-state index in [1.54, 1.807) is 11.6 Å². The summed E-state index contributed by atoms with van der Waals surface area (Å²) >= 11 is 0. The second-order valence-corrected chi connectivity index (χ2v) is 9.38. The number of benzene rings is 2. The van der Waals surface area contributed by atoms with Crippen LogP contribution in [-0.4, -0.2) is 62.9 Å². The first-order chi connectivity index (χ1) is 19.0. The molecule has 1 fully saturated rings. The Balaban J connectivity index is 1.25. The smallest absolute Gasteiger partial charge is 0.407 e. The Bertz CT molecular complexity index is 1440. The summed E-state index contributed by atoms with van der Waals surface area (Å²) in [5, 5.41) is 20.4. The van der Waals surface area contributed by atoms with Gasteiger partial charge in [-0.1, -0.05) is 36.4 Å². The van der Waals surface area contributed by atoms with Crippen molar-refractivity contribution in [3.05, 3.63) is 84.3 Å². The van der Waals surface area contributed by atoms with Crippen molar-refractivity contribution in [2.24, 2.45) is 5.92 Å². The zero-order valence-electron chi connectivity index (χ0n) is 21.5. The van der Waals surface area contributed by atoms with Gasteiger partial charge in [-0.2, -0.15) is 5.10 Å². The Kier molecular flexibility index (Phi) is 7.88. The van der Waals surface area contributed by atoms with Crippen molar-refractivity contribution < 1.29 is 24.2 Å². The highest BCUT2D eigenvalue weighted by atomic mass is 16.5. The average molecular weight is 531 g/mol. The number of hydrogen-bond acceptors (Lipinski definition) is 8. The van der Waals surface area contributed by atoms with E-state index in [1.165, 1.54) is 6.33 Å². The summed E-state index contributed by atoms with van der Waals surface area (Å²) in [6.07, 6.45) is 3.20. The van der Waals surface area contributed by atoms with Gasteiger partial charge in [0.25, 0.3) is 0 Å². The number of fused-ring (bicyclic) bond motifs is 1. The SMILES string of the molecule is COc1cccc(Nc2ncnn3ccc(CN4CCC(NC(=O)OCc5ccccc5)C(C(=O)O)C4)c23)c1. The van der Waals surface area contributed by atoms with E-state index in [0.717, 1.165) is 28.1 Å². The van der Waals surface area contributed by atoms with Crippen LogP contribution in [0.15, 0.2) is 73.2 Å². The molecule has 2 atom stereocenters. The third-order valence-electron chi connectivity index (χ3n) is 6.79. The molecule has 1 aliphatic rings. The highest BCUT2D eigenvalue weighted by Crippen LogP contribution is 2.27. The average Bonchev–Trinajstić information content (AvgIpc) is 3.37. The minimum absolute atomic E-state index is 0.124. The quantitative estimate of drug-likeness (QED) is 0.297. The zero-order valence-corrected chi connectivity index (χ0v) is 21.5. The molecule has 202 valence electrons. The lowest BCUT2D eigenvalue weighted by Crippen LogP contribution is -2.53. The molecular formula is C28H30N6O5. The number of aromatic nitrogens is 3. The lowest BCUT2D eigenvalue weighted by Gasteiger charge is -2.36. The van der Waals surface area contributed by atoms with Gasteiger partial charge in [0.1, 0.15) is 24.2 Å². The van der Waals surface area contributed by atoms with Crippen LogP contribution in [0.5, 0.6) is 5.75 Å². The highest BCUT2D eigenvalue weighted by molar-refractivity contribution is 5.77.